The minimum atomic E-state index is -0.881. The fourth-order valence-electron chi connectivity index (χ4n) is 3.50. The van der Waals surface area contributed by atoms with Crippen molar-refractivity contribution in [3.05, 3.63) is 29.6 Å². The second-order valence-corrected chi connectivity index (χ2v) is 6.11. The predicted octanol–water partition coefficient (Wildman–Crippen LogP) is 4.01. The van der Waals surface area contributed by atoms with Crippen molar-refractivity contribution in [2.75, 3.05) is 0 Å². The third-order valence-electron chi connectivity index (χ3n) is 4.65. The Hall–Kier alpha value is -1.84. The highest BCUT2D eigenvalue weighted by Crippen LogP contribution is 2.29. The van der Waals surface area contributed by atoms with Crippen molar-refractivity contribution in [1.29, 1.82) is 0 Å². The standard InChI is InChI=1S/C17H22N2O2/c1-12-18-15-9-8-14(17(20)21)11-16(15)19(12)10-4-7-13-5-2-3-6-13/h8-9,11,13H,2-7,10H2,1H3,(H,20,21). The van der Waals surface area contributed by atoms with Crippen molar-refractivity contribution in [1.82, 2.24) is 9.55 Å². The molecule has 1 aromatic heterocycles. The van der Waals surface area contributed by atoms with E-state index in [4.69, 9.17) is 5.11 Å². The van der Waals surface area contributed by atoms with E-state index in [0.29, 0.717) is 5.56 Å². The molecule has 0 saturated heterocycles. The summed E-state index contributed by atoms with van der Waals surface area (Å²) in [6.07, 6.45) is 7.96. The molecule has 0 radical (unpaired) electrons. The second-order valence-electron chi connectivity index (χ2n) is 6.11. The molecule has 0 bridgehead atoms. The summed E-state index contributed by atoms with van der Waals surface area (Å²) in [5.41, 5.74) is 2.16. The molecule has 3 rings (SSSR count). The average Bonchev–Trinajstić information content (AvgIpc) is 3.06. The quantitative estimate of drug-likeness (QED) is 0.903. The molecule has 1 fully saturated rings. The van der Waals surface area contributed by atoms with Gasteiger partial charge in [-0.05, 0) is 43.9 Å². The number of carboxylic acid groups (broad SMARTS) is 1. The van der Waals surface area contributed by atoms with Crippen LogP contribution in [0.25, 0.3) is 11.0 Å². The van der Waals surface area contributed by atoms with Gasteiger partial charge in [-0.25, -0.2) is 9.78 Å². The highest BCUT2D eigenvalue weighted by atomic mass is 16.4. The Morgan fingerprint density at radius 3 is 2.86 bits per heavy atom. The minimum absolute atomic E-state index is 0.333. The molecule has 0 spiro atoms. The first-order valence-corrected chi connectivity index (χ1v) is 7.85. The van der Waals surface area contributed by atoms with Crippen molar-refractivity contribution in [3.8, 4) is 0 Å². The number of rotatable bonds is 5. The zero-order chi connectivity index (χ0) is 14.8. The molecule has 0 unspecified atom stereocenters. The summed E-state index contributed by atoms with van der Waals surface area (Å²) in [5, 5.41) is 9.13. The molecule has 1 heterocycles. The number of carboxylic acids is 1. The topological polar surface area (TPSA) is 55.1 Å². The second kappa shape index (κ2) is 5.88. The van der Waals surface area contributed by atoms with Gasteiger partial charge in [0.05, 0.1) is 16.6 Å². The summed E-state index contributed by atoms with van der Waals surface area (Å²) < 4.78 is 2.16. The molecule has 0 atom stereocenters. The molecule has 1 saturated carbocycles. The molecule has 1 aromatic carbocycles. The predicted molar refractivity (Wildman–Crippen MR) is 82.6 cm³/mol. The number of carbonyl (C=O) groups is 1. The van der Waals surface area contributed by atoms with Crippen molar-refractivity contribution in [3.63, 3.8) is 0 Å². The monoisotopic (exact) mass is 286 g/mol. The fourth-order valence-corrected chi connectivity index (χ4v) is 3.50. The molecular formula is C17H22N2O2. The van der Waals surface area contributed by atoms with Gasteiger partial charge in [0, 0.05) is 6.54 Å². The number of aromatic carboxylic acids is 1. The molecule has 4 nitrogen and oxygen atoms in total. The highest BCUT2D eigenvalue weighted by Gasteiger charge is 2.15. The van der Waals surface area contributed by atoms with Gasteiger partial charge >= 0.3 is 5.97 Å². The lowest BCUT2D eigenvalue weighted by Gasteiger charge is -2.11. The van der Waals surface area contributed by atoms with Gasteiger partial charge in [-0.15, -0.1) is 0 Å². The zero-order valence-corrected chi connectivity index (χ0v) is 12.5. The van der Waals surface area contributed by atoms with Crippen LogP contribution in [0.2, 0.25) is 0 Å². The molecular weight excluding hydrogens is 264 g/mol. The number of fused-ring (bicyclic) bond motifs is 1. The van der Waals surface area contributed by atoms with E-state index in [1.807, 2.05) is 6.92 Å². The van der Waals surface area contributed by atoms with Crippen LogP contribution in [-0.4, -0.2) is 20.6 Å². The van der Waals surface area contributed by atoms with E-state index < -0.39 is 5.97 Å². The Labute approximate surface area is 124 Å². The van der Waals surface area contributed by atoms with Gasteiger partial charge < -0.3 is 9.67 Å². The first-order valence-electron chi connectivity index (χ1n) is 7.85. The van der Waals surface area contributed by atoms with E-state index in [-0.39, 0.29) is 0 Å². The molecule has 21 heavy (non-hydrogen) atoms. The summed E-state index contributed by atoms with van der Waals surface area (Å²) in [7, 11) is 0. The highest BCUT2D eigenvalue weighted by molar-refractivity contribution is 5.92. The van der Waals surface area contributed by atoms with Gasteiger partial charge in [-0.3, -0.25) is 0 Å². The minimum Gasteiger partial charge on any atom is -0.478 e. The Morgan fingerprint density at radius 2 is 2.14 bits per heavy atom. The number of benzene rings is 1. The van der Waals surface area contributed by atoms with Gasteiger partial charge in [0.25, 0.3) is 0 Å². The molecule has 0 amide bonds. The van der Waals surface area contributed by atoms with Crippen LogP contribution in [0, 0.1) is 12.8 Å². The van der Waals surface area contributed by atoms with Crippen LogP contribution in [-0.2, 0) is 6.54 Å². The van der Waals surface area contributed by atoms with E-state index in [0.717, 1.165) is 35.7 Å². The summed E-state index contributed by atoms with van der Waals surface area (Å²) in [6.45, 7) is 2.93. The van der Waals surface area contributed by atoms with E-state index in [1.54, 1.807) is 18.2 Å². The van der Waals surface area contributed by atoms with Crippen molar-refractivity contribution >= 4 is 17.0 Å². The van der Waals surface area contributed by atoms with Crippen LogP contribution >= 0.6 is 0 Å². The molecule has 1 N–H and O–H groups in total. The third kappa shape index (κ3) is 2.94. The lowest BCUT2D eigenvalue weighted by atomic mass is 10.0. The SMILES string of the molecule is Cc1nc2ccc(C(=O)O)cc2n1CCCC1CCCC1. The normalized spacial score (nSPS) is 15.9. The molecule has 112 valence electrons. The van der Waals surface area contributed by atoms with Crippen LogP contribution in [0.1, 0.15) is 54.7 Å². The van der Waals surface area contributed by atoms with E-state index in [2.05, 4.69) is 9.55 Å². The maximum absolute atomic E-state index is 11.1. The van der Waals surface area contributed by atoms with Gasteiger partial charge in [-0.1, -0.05) is 25.7 Å². The molecule has 1 aliphatic carbocycles. The number of hydrogen-bond acceptors (Lipinski definition) is 2. The number of hydrogen-bond donors (Lipinski definition) is 1. The molecule has 4 heteroatoms. The van der Waals surface area contributed by atoms with Crippen LogP contribution in [0.15, 0.2) is 18.2 Å². The van der Waals surface area contributed by atoms with Gasteiger partial charge in [0.2, 0.25) is 0 Å². The Morgan fingerprint density at radius 1 is 1.38 bits per heavy atom. The first-order chi connectivity index (χ1) is 10.1. The smallest absolute Gasteiger partial charge is 0.335 e. The van der Waals surface area contributed by atoms with Crippen LogP contribution in [0.5, 0.6) is 0 Å². The zero-order valence-electron chi connectivity index (χ0n) is 12.5. The maximum Gasteiger partial charge on any atom is 0.335 e. The van der Waals surface area contributed by atoms with Crippen molar-refractivity contribution in [2.24, 2.45) is 5.92 Å². The van der Waals surface area contributed by atoms with Crippen LogP contribution in [0.4, 0.5) is 0 Å². The number of aromatic nitrogens is 2. The molecule has 2 aromatic rings. The Bertz CT molecular complexity index is 654. The number of nitrogens with zero attached hydrogens (tertiary/aromatic N) is 2. The summed E-state index contributed by atoms with van der Waals surface area (Å²) >= 11 is 0. The Kier molecular flexibility index (Phi) is 3.95. The van der Waals surface area contributed by atoms with Gasteiger partial charge in [-0.2, -0.15) is 0 Å². The van der Waals surface area contributed by atoms with Crippen molar-refractivity contribution < 1.29 is 9.90 Å². The van der Waals surface area contributed by atoms with Crippen molar-refractivity contribution in [2.45, 2.75) is 52.0 Å². The number of imidazole rings is 1. The molecule has 0 aliphatic heterocycles. The summed E-state index contributed by atoms with van der Waals surface area (Å²) in [6, 6.07) is 5.17. The summed E-state index contributed by atoms with van der Waals surface area (Å²) in [4.78, 5) is 15.7. The summed E-state index contributed by atoms with van der Waals surface area (Å²) in [5.74, 6) is 0.988. The molecule has 1 aliphatic rings. The lowest BCUT2D eigenvalue weighted by molar-refractivity contribution is 0.0697. The Balaban J connectivity index is 1.77. The van der Waals surface area contributed by atoms with Crippen LogP contribution in [0.3, 0.4) is 0 Å². The van der Waals surface area contributed by atoms with Gasteiger partial charge in [0.15, 0.2) is 0 Å². The largest absolute Gasteiger partial charge is 0.478 e. The first kappa shape index (κ1) is 14.1. The van der Waals surface area contributed by atoms with E-state index in [1.165, 1.54) is 32.1 Å². The van der Waals surface area contributed by atoms with Crippen LogP contribution < -0.4 is 0 Å². The fraction of sp³-hybridized carbons (Fsp3) is 0.529. The van der Waals surface area contributed by atoms with E-state index in [9.17, 15) is 4.79 Å². The maximum atomic E-state index is 11.1. The number of aryl methyl sites for hydroxylation is 2. The average molecular weight is 286 g/mol. The van der Waals surface area contributed by atoms with Gasteiger partial charge in [0.1, 0.15) is 5.82 Å². The lowest BCUT2D eigenvalue weighted by Crippen LogP contribution is -2.04. The van der Waals surface area contributed by atoms with E-state index >= 15 is 0 Å². The third-order valence-corrected chi connectivity index (χ3v) is 4.65.